The van der Waals surface area contributed by atoms with Crippen LogP contribution in [0, 0.1) is 0 Å². The van der Waals surface area contributed by atoms with Gasteiger partial charge in [0.1, 0.15) is 0 Å². The van der Waals surface area contributed by atoms with Gasteiger partial charge in [-0.25, -0.2) is 0 Å². The average molecular weight is 635 g/mol. The topological polar surface area (TPSA) is 64.6 Å². The summed E-state index contributed by atoms with van der Waals surface area (Å²) in [5.74, 6) is 4.93. The summed E-state index contributed by atoms with van der Waals surface area (Å²) in [5, 5.41) is 6.02. The maximum atomic E-state index is 6.63. The summed E-state index contributed by atoms with van der Waals surface area (Å²) in [6.45, 7) is 18.8. The van der Waals surface area contributed by atoms with Gasteiger partial charge >= 0.3 is 0 Å². The van der Waals surface area contributed by atoms with Gasteiger partial charge in [-0.15, -0.1) is 0 Å². The zero-order chi connectivity index (χ0) is 32.9. The van der Waals surface area contributed by atoms with Crippen LogP contribution in [0.25, 0.3) is 32.3 Å². The Kier molecular flexibility index (Phi) is 13.6. The Morgan fingerprint density at radius 1 is 0.304 bits per heavy atom. The highest BCUT2D eigenvalue weighted by atomic mass is 16.5. The lowest BCUT2D eigenvalue weighted by molar-refractivity contribution is 0.245. The zero-order valence-electron chi connectivity index (χ0n) is 29.1. The molecule has 0 saturated heterocycles. The second kappa shape index (κ2) is 17.8. The van der Waals surface area contributed by atoms with E-state index >= 15 is 0 Å². The van der Waals surface area contributed by atoms with Crippen molar-refractivity contribution in [3.63, 3.8) is 0 Å². The van der Waals surface area contributed by atoms with Gasteiger partial charge in [-0.2, -0.15) is 0 Å². The highest BCUT2D eigenvalue weighted by Gasteiger charge is 2.25. The average Bonchev–Trinajstić information content (AvgIpc) is 3.08. The molecule has 0 aliphatic rings. The van der Waals surface area contributed by atoms with Gasteiger partial charge < -0.3 is 33.2 Å². The first kappa shape index (κ1) is 35.1. The molecule has 0 saturated carbocycles. The van der Waals surface area contributed by atoms with Crippen LogP contribution >= 0.6 is 0 Å². The lowest BCUT2D eigenvalue weighted by Gasteiger charge is -2.23. The second-order valence-corrected chi connectivity index (χ2v) is 11.6. The summed E-state index contributed by atoms with van der Waals surface area (Å²) in [7, 11) is 0. The third-order valence-electron chi connectivity index (χ3n) is 7.43. The van der Waals surface area contributed by atoms with Crippen LogP contribution in [0.3, 0.4) is 0 Å². The third kappa shape index (κ3) is 7.97. The minimum Gasteiger partial charge on any atom is -0.490 e. The van der Waals surface area contributed by atoms with Crippen LogP contribution in [-0.2, 0) is 0 Å². The van der Waals surface area contributed by atoms with Crippen molar-refractivity contribution in [1.29, 1.82) is 0 Å². The molecular weight excluding hydrogens is 580 g/mol. The fraction of sp³-hybridized carbons (Fsp3) is 0.538. The first-order chi connectivity index (χ1) is 22.6. The van der Waals surface area contributed by atoms with Crippen LogP contribution in [-0.4, -0.2) is 46.2 Å². The van der Waals surface area contributed by atoms with Crippen molar-refractivity contribution in [1.82, 2.24) is 0 Å². The van der Waals surface area contributed by atoms with E-state index in [4.69, 9.17) is 33.2 Å². The van der Waals surface area contributed by atoms with Gasteiger partial charge in [0.05, 0.1) is 46.2 Å². The van der Waals surface area contributed by atoms with E-state index in [0.717, 1.165) is 100 Å². The molecule has 0 amide bonds. The lowest BCUT2D eigenvalue weighted by Crippen LogP contribution is -2.06. The smallest absolute Gasteiger partial charge is 0.204 e. The molecule has 252 valence electrons. The Morgan fingerprint density at radius 2 is 0.565 bits per heavy atom. The molecule has 4 aromatic carbocycles. The molecule has 0 radical (unpaired) electrons. The van der Waals surface area contributed by atoms with Gasteiger partial charge in [-0.05, 0) is 102 Å². The molecule has 0 fully saturated rings. The van der Waals surface area contributed by atoms with E-state index in [2.05, 4.69) is 78.8 Å². The van der Waals surface area contributed by atoms with Gasteiger partial charge in [0, 0.05) is 5.39 Å². The predicted molar refractivity (Wildman–Crippen MR) is 189 cm³/mol. The van der Waals surface area contributed by atoms with E-state index in [0.29, 0.717) is 63.5 Å². The van der Waals surface area contributed by atoms with Gasteiger partial charge in [-0.1, -0.05) is 48.5 Å². The summed E-state index contributed by atoms with van der Waals surface area (Å²) >= 11 is 0. The van der Waals surface area contributed by atoms with Crippen LogP contribution in [0.4, 0.5) is 0 Å². The molecule has 0 bridgehead atoms. The first-order valence-corrected chi connectivity index (χ1v) is 17.5. The molecule has 4 aromatic rings. The lowest BCUT2D eigenvalue weighted by atomic mass is 9.92. The van der Waals surface area contributed by atoms with E-state index in [1.165, 1.54) is 0 Å². The SMILES string of the molecule is CCCOc1cc2c3cc(OCCC)c(OCCC)cc3c3c(OCCC)c(OCCC)c(OCCC)cc3c2cc1OCCC. The van der Waals surface area contributed by atoms with Crippen molar-refractivity contribution in [2.24, 2.45) is 0 Å². The van der Waals surface area contributed by atoms with Crippen molar-refractivity contribution in [3.05, 3.63) is 30.3 Å². The molecule has 0 atom stereocenters. The Labute approximate surface area is 275 Å². The number of fused-ring (bicyclic) bond motifs is 6. The minimum absolute atomic E-state index is 0.542. The standard InChI is InChI=1S/C39H54O7/c1-8-15-40-32-22-27-28-23-34(42-17-10-3)35(43-18-11-4)25-30(28)37-31(29(27)24-33(32)41-16-9-2)26-36(44-19-12-5)38(45-20-13-6)39(37)46-21-14-7/h22-26H,8-21H2,1-7H3. The fourth-order valence-electron chi connectivity index (χ4n) is 5.39. The number of ether oxygens (including phenoxy) is 7. The Morgan fingerprint density at radius 3 is 0.935 bits per heavy atom. The van der Waals surface area contributed by atoms with Crippen molar-refractivity contribution >= 4 is 32.3 Å². The number of rotatable bonds is 21. The summed E-state index contributed by atoms with van der Waals surface area (Å²) in [4.78, 5) is 0. The predicted octanol–water partition coefficient (Wildman–Crippen LogP) is 10.7. The molecule has 0 heterocycles. The van der Waals surface area contributed by atoms with Crippen molar-refractivity contribution in [2.75, 3.05) is 46.2 Å². The fourth-order valence-corrected chi connectivity index (χ4v) is 5.39. The maximum Gasteiger partial charge on any atom is 0.204 e. The van der Waals surface area contributed by atoms with E-state index in [1.807, 2.05) is 0 Å². The quantitative estimate of drug-likeness (QED) is 0.0845. The van der Waals surface area contributed by atoms with Crippen LogP contribution in [0.5, 0.6) is 40.2 Å². The summed E-state index contributed by atoms with van der Waals surface area (Å²) in [6, 6.07) is 10.6. The molecule has 0 unspecified atom stereocenters. The van der Waals surface area contributed by atoms with Crippen molar-refractivity contribution in [2.45, 2.75) is 93.4 Å². The maximum absolute atomic E-state index is 6.63. The summed E-state index contributed by atoms with van der Waals surface area (Å²) in [5.41, 5.74) is 0. The Balaban J connectivity index is 2.23. The molecule has 0 aliphatic carbocycles. The van der Waals surface area contributed by atoms with Crippen molar-refractivity contribution in [3.8, 4) is 40.2 Å². The molecule has 0 spiro atoms. The van der Waals surface area contributed by atoms with Gasteiger partial charge in [0.2, 0.25) is 5.75 Å². The van der Waals surface area contributed by atoms with Crippen LogP contribution < -0.4 is 33.2 Å². The molecule has 46 heavy (non-hydrogen) atoms. The number of benzene rings is 4. The zero-order valence-corrected chi connectivity index (χ0v) is 29.1. The van der Waals surface area contributed by atoms with E-state index in [9.17, 15) is 0 Å². The molecule has 0 N–H and O–H groups in total. The largest absolute Gasteiger partial charge is 0.490 e. The summed E-state index contributed by atoms with van der Waals surface area (Å²) < 4.78 is 44.7. The van der Waals surface area contributed by atoms with Crippen molar-refractivity contribution < 1.29 is 33.2 Å². The van der Waals surface area contributed by atoms with Gasteiger partial charge in [0.15, 0.2) is 34.5 Å². The Hall–Kier alpha value is -3.74. The van der Waals surface area contributed by atoms with Gasteiger partial charge in [-0.3, -0.25) is 0 Å². The number of hydrogen-bond acceptors (Lipinski definition) is 7. The second-order valence-electron chi connectivity index (χ2n) is 11.6. The van der Waals surface area contributed by atoms with E-state index in [-0.39, 0.29) is 0 Å². The molecular formula is C39H54O7. The highest BCUT2D eigenvalue weighted by molar-refractivity contribution is 6.28. The first-order valence-electron chi connectivity index (χ1n) is 17.5. The summed E-state index contributed by atoms with van der Waals surface area (Å²) in [6.07, 6.45) is 6.17. The third-order valence-corrected chi connectivity index (χ3v) is 7.43. The molecule has 4 rings (SSSR count). The monoisotopic (exact) mass is 634 g/mol. The number of hydrogen-bond donors (Lipinski definition) is 0. The normalized spacial score (nSPS) is 11.3. The van der Waals surface area contributed by atoms with Crippen LogP contribution in [0.1, 0.15) is 93.4 Å². The molecule has 7 heteroatoms. The molecule has 7 nitrogen and oxygen atoms in total. The van der Waals surface area contributed by atoms with Crippen LogP contribution in [0.2, 0.25) is 0 Å². The highest BCUT2D eigenvalue weighted by Crippen LogP contribution is 2.52. The van der Waals surface area contributed by atoms with Crippen LogP contribution in [0.15, 0.2) is 30.3 Å². The van der Waals surface area contributed by atoms with E-state index < -0.39 is 0 Å². The van der Waals surface area contributed by atoms with E-state index in [1.54, 1.807) is 0 Å². The Bertz CT molecular complexity index is 1510. The molecule has 0 aromatic heterocycles. The van der Waals surface area contributed by atoms with Gasteiger partial charge in [0.25, 0.3) is 0 Å². The minimum atomic E-state index is 0.542. The molecule has 0 aliphatic heterocycles.